The van der Waals surface area contributed by atoms with Crippen molar-refractivity contribution in [2.45, 2.75) is 18.0 Å². The minimum Gasteiger partial charge on any atom is -0.385 e. The van der Waals surface area contributed by atoms with Gasteiger partial charge in [-0.05, 0) is 16.8 Å². The smallest absolute Gasteiger partial charge is 0.223 e. The quantitative estimate of drug-likeness (QED) is 0.497. The number of rotatable bonds is 8. The average molecular weight is 273 g/mol. The lowest BCUT2D eigenvalue weighted by atomic mass is 10.3. The number of tetrazole rings is 1. The number of amides is 1. The molecule has 1 rings (SSSR count). The number of hydrogen-bond acceptors (Lipinski definition) is 6. The molecule has 0 aromatic carbocycles. The van der Waals surface area contributed by atoms with Gasteiger partial charge in [-0.1, -0.05) is 11.8 Å². The molecule has 0 atom stereocenters. The largest absolute Gasteiger partial charge is 0.385 e. The van der Waals surface area contributed by atoms with E-state index >= 15 is 0 Å². The molecule has 102 valence electrons. The van der Waals surface area contributed by atoms with Crippen LogP contribution in [0.15, 0.2) is 5.16 Å². The Morgan fingerprint density at radius 1 is 1.56 bits per heavy atom. The van der Waals surface area contributed by atoms with Crippen LogP contribution in [0.25, 0.3) is 0 Å². The lowest BCUT2D eigenvalue weighted by Gasteiger charge is -2.16. The molecule has 0 fully saturated rings. The third kappa shape index (κ3) is 5.01. The van der Waals surface area contributed by atoms with Crippen LogP contribution in [0.4, 0.5) is 0 Å². The maximum Gasteiger partial charge on any atom is 0.223 e. The van der Waals surface area contributed by atoms with Crippen LogP contribution in [0, 0.1) is 0 Å². The zero-order valence-corrected chi connectivity index (χ0v) is 11.8. The summed E-state index contributed by atoms with van der Waals surface area (Å²) < 4.78 is 6.54. The van der Waals surface area contributed by atoms with Gasteiger partial charge >= 0.3 is 0 Å². The van der Waals surface area contributed by atoms with Gasteiger partial charge in [0.05, 0.1) is 0 Å². The third-order valence-electron chi connectivity index (χ3n) is 2.40. The Balaban J connectivity index is 2.18. The van der Waals surface area contributed by atoms with Crippen LogP contribution in [-0.4, -0.2) is 64.1 Å². The van der Waals surface area contributed by atoms with Crippen molar-refractivity contribution in [2.75, 3.05) is 33.1 Å². The van der Waals surface area contributed by atoms with E-state index in [0.29, 0.717) is 18.8 Å². The Hall–Kier alpha value is -1.15. The van der Waals surface area contributed by atoms with Crippen LogP contribution in [0.5, 0.6) is 0 Å². The number of hydrogen-bond donors (Lipinski definition) is 0. The molecule has 0 radical (unpaired) electrons. The highest BCUT2D eigenvalue weighted by atomic mass is 32.2. The van der Waals surface area contributed by atoms with Crippen molar-refractivity contribution in [3.05, 3.63) is 0 Å². The van der Waals surface area contributed by atoms with Gasteiger partial charge in [0, 0.05) is 46.5 Å². The average Bonchev–Trinajstić information content (AvgIpc) is 2.75. The first kappa shape index (κ1) is 14.9. The molecule has 1 amide bonds. The fraction of sp³-hybridized carbons (Fsp3) is 0.800. The molecule has 0 aliphatic carbocycles. The van der Waals surface area contributed by atoms with Crippen LogP contribution in [0.1, 0.15) is 12.8 Å². The zero-order valence-electron chi connectivity index (χ0n) is 11.0. The summed E-state index contributed by atoms with van der Waals surface area (Å²) in [5.41, 5.74) is 0. The summed E-state index contributed by atoms with van der Waals surface area (Å²) >= 11 is 1.48. The molecule has 0 saturated carbocycles. The fourth-order valence-electron chi connectivity index (χ4n) is 1.33. The maximum absolute atomic E-state index is 11.8. The van der Waals surface area contributed by atoms with Crippen LogP contribution in [0.3, 0.4) is 0 Å². The van der Waals surface area contributed by atoms with Gasteiger partial charge in [0.1, 0.15) is 0 Å². The highest BCUT2D eigenvalue weighted by Crippen LogP contribution is 2.13. The lowest BCUT2D eigenvalue weighted by molar-refractivity contribution is -0.129. The molecule has 1 aromatic rings. The van der Waals surface area contributed by atoms with Gasteiger partial charge in [0.15, 0.2) is 0 Å². The first-order valence-electron chi connectivity index (χ1n) is 5.73. The summed E-state index contributed by atoms with van der Waals surface area (Å²) in [6.45, 7) is 1.40. The summed E-state index contributed by atoms with van der Waals surface area (Å²) in [4.78, 5) is 13.5. The number of carbonyl (C=O) groups excluding carboxylic acids is 1. The van der Waals surface area contributed by atoms with Crippen molar-refractivity contribution in [3.63, 3.8) is 0 Å². The highest BCUT2D eigenvalue weighted by molar-refractivity contribution is 7.99. The Morgan fingerprint density at radius 3 is 2.94 bits per heavy atom. The highest BCUT2D eigenvalue weighted by Gasteiger charge is 2.09. The lowest BCUT2D eigenvalue weighted by Crippen LogP contribution is -2.28. The van der Waals surface area contributed by atoms with Gasteiger partial charge in [0.25, 0.3) is 0 Å². The first-order chi connectivity index (χ1) is 8.65. The third-order valence-corrected chi connectivity index (χ3v) is 3.41. The standard InChI is InChI=1S/C10H19N5O2S/c1-14(6-4-7-17-3)9(16)5-8-18-10-11-12-13-15(10)2/h4-8H2,1-3H3. The van der Waals surface area contributed by atoms with E-state index in [1.807, 2.05) is 7.05 Å². The van der Waals surface area contributed by atoms with E-state index in [2.05, 4.69) is 15.5 Å². The van der Waals surface area contributed by atoms with Crippen molar-refractivity contribution in [1.82, 2.24) is 25.1 Å². The molecule has 0 unspecified atom stereocenters. The second-order valence-electron chi connectivity index (χ2n) is 3.85. The van der Waals surface area contributed by atoms with Crippen LogP contribution in [-0.2, 0) is 16.6 Å². The number of thioether (sulfide) groups is 1. The predicted octanol–water partition coefficient (Wildman–Crippen LogP) is 0.187. The maximum atomic E-state index is 11.8. The molecule has 18 heavy (non-hydrogen) atoms. The second kappa shape index (κ2) is 8.04. The van der Waals surface area contributed by atoms with Gasteiger partial charge in [-0.3, -0.25) is 4.79 Å². The number of aryl methyl sites for hydroxylation is 1. The predicted molar refractivity (Wildman–Crippen MR) is 68.3 cm³/mol. The minimum atomic E-state index is 0.133. The van der Waals surface area contributed by atoms with E-state index in [4.69, 9.17) is 4.74 Å². The van der Waals surface area contributed by atoms with Crippen molar-refractivity contribution >= 4 is 17.7 Å². The molecule has 0 N–H and O–H groups in total. The van der Waals surface area contributed by atoms with Gasteiger partial charge < -0.3 is 9.64 Å². The van der Waals surface area contributed by atoms with E-state index in [1.54, 1.807) is 23.7 Å². The Morgan fingerprint density at radius 2 is 2.33 bits per heavy atom. The molecule has 1 heterocycles. The summed E-state index contributed by atoms with van der Waals surface area (Å²) in [7, 11) is 5.25. The van der Waals surface area contributed by atoms with E-state index in [1.165, 1.54) is 11.8 Å². The van der Waals surface area contributed by atoms with Crippen LogP contribution in [0.2, 0.25) is 0 Å². The number of aromatic nitrogens is 4. The molecule has 0 saturated heterocycles. The topological polar surface area (TPSA) is 73.1 Å². The summed E-state index contributed by atoms with van der Waals surface area (Å²) in [5.74, 6) is 0.815. The SMILES string of the molecule is COCCCN(C)C(=O)CCSc1nnnn1C. The van der Waals surface area contributed by atoms with E-state index in [0.717, 1.165) is 18.1 Å². The molecule has 0 spiro atoms. The number of carbonyl (C=O) groups is 1. The Labute approximate surface area is 111 Å². The first-order valence-corrected chi connectivity index (χ1v) is 6.71. The van der Waals surface area contributed by atoms with Crippen molar-refractivity contribution < 1.29 is 9.53 Å². The monoisotopic (exact) mass is 273 g/mol. The molecule has 1 aromatic heterocycles. The van der Waals surface area contributed by atoms with Gasteiger partial charge in [0.2, 0.25) is 11.1 Å². The molecular formula is C10H19N5O2S. The summed E-state index contributed by atoms with van der Waals surface area (Å²) in [5, 5.41) is 11.8. The van der Waals surface area contributed by atoms with Gasteiger partial charge in [-0.25, -0.2) is 4.68 Å². The second-order valence-corrected chi connectivity index (χ2v) is 4.91. The number of methoxy groups -OCH3 is 1. The van der Waals surface area contributed by atoms with Gasteiger partial charge in [-0.15, -0.1) is 5.10 Å². The number of ether oxygens (including phenoxy) is 1. The van der Waals surface area contributed by atoms with Gasteiger partial charge in [-0.2, -0.15) is 0 Å². The van der Waals surface area contributed by atoms with E-state index < -0.39 is 0 Å². The van der Waals surface area contributed by atoms with E-state index in [9.17, 15) is 4.79 Å². The van der Waals surface area contributed by atoms with Crippen molar-refractivity contribution in [3.8, 4) is 0 Å². The number of nitrogens with zero attached hydrogens (tertiary/aromatic N) is 5. The molecule has 7 nitrogen and oxygen atoms in total. The Bertz CT molecular complexity index is 371. The zero-order chi connectivity index (χ0) is 13.4. The molecular weight excluding hydrogens is 254 g/mol. The van der Waals surface area contributed by atoms with Crippen LogP contribution >= 0.6 is 11.8 Å². The molecule has 0 bridgehead atoms. The normalized spacial score (nSPS) is 10.6. The summed E-state index contributed by atoms with van der Waals surface area (Å²) in [6.07, 6.45) is 1.35. The molecule has 8 heteroatoms. The Kier molecular flexibility index (Phi) is 6.66. The molecule has 0 aliphatic heterocycles. The molecule has 0 aliphatic rings. The minimum absolute atomic E-state index is 0.133. The van der Waals surface area contributed by atoms with Crippen molar-refractivity contribution in [2.24, 2.45) is 7.05 Å². The van der Waals surface area contributed by atoms with Crippen LogP contribution < -0.4 is 0 Å². The summed E-state index contributed by atoms with van der Waals surface area (Å²) in [6, 6.07) is 0. The van der Waals surface area contributed by atoms with Crippen molar-refractivity contribution in [1.29, 1.82) is 0 Å². The fourth-order valence-corrected chi connectivity index (χ4v) is 2.11. The van der Waals surface area contributed by atoms with E-state index in [-0.39, 0.29) is 5.91 Å².